The summed E-state index contributed by atoms with van der Waals surface area (Å²) in [5.41, 5.74) is 1.24. The van der Waals surface area contributed by atoms with E-state index < -0.39 is 0 Å². The number of rotatable bonds is 5. The molecule has 0 radical (unpaired) electrons. The number of allylic oxidation sites excluding steroid dienone is 1. The quantitative estimate of drug-likeness (QED) is 0.832. The van der Waals surface area contributed by atoms with Crippen LogP contribution in [0.3, 0.4) is 0 Å². The van der Waals surface area contributed by atoms with Gasteiger partial charge in [-0.05, 0) is 43.9 Å². The Balaban J connectivity index is 1.66. The van der Waals surface area contributed by atoms with Crippen molar-refractivity contribution in [1.29, 1.82) is 0 Å². The van der Waals surface area contributed by atoms with E-state index in [-0.39, 0.29) is 23.9 Å². The van der Waals surface area contributed by atoms with E-state index >= 15 is 0 Å². The summed E-state index contributed by atoms with van der Waals surface area (Å²) < 4.78 is 17.2. The van der Waals surface area contributed by atoms with Gasteiger partial charge < -0.3 is 14.2 Å². The van der Waals surface area contributed by atoms with Crippen molar-refractivity contribution in [3.05, 3.63) is 41.9 Å². The van der Waals surface area contributed by atoms with Gasteiger partial charge in [-0.2, -0.15) is 0 Å². The lowest BCUT2D eigenvalue weighted by Crippen LogP contribution is -2.42. The van der Waals surface area contributed by atoms with Gasteiger partial charge in [-0.15, -0.1) is 0 Å². The maximum atomic E-state index is 12.6. The van der Waals surface area contributed by atoms with Gasteiger partial charge in [0, 0.05) is 13.0 Å². The molecule has 0 amide bonds. The summed E-state index contributed by atoms with van der Waals surface area (Å²) >= 11 is 0. The zero-order valence-electron chi connectivity index (χ0n) is 13.8. The molecule has 4 heteroatoms. The van der Waals surface area contributed by atoms with Crippen LogP contribution in [0.4, 0.5) is 0 Å². The lowest BCUT2D eigenvalue weighted by Gasteiger charge is -2.36. The Morgan fingerprint density at radius 2 is 1.96 bits per heavy atom. The highest BCUT2D eigenvalue weighted by Crippen LogP contribution is 2.35. The molecule has 3 unspecified atom stereocenters. The molecule has 1 fully saturated rings. The molecule has 23 heavy (non-hydrogen) atoms. The average molecular weight is 316 g/mol. The highest BCUT2D eigenvalue weighted by atomic mass is 16.5. The number of hydrogen-bond acceptors (Lipinski definition) is 4. The van der Waals surface area contributed by atoms with Crippen LogP contribution in [0.1, 0.15) is 38.7 Å². The topological polar surface area (TPSA) is 44.8 Å². The van der Waals surface area contributed by atoms with Gasteiger partial charge in [0.15, 0.2) is 0 Å². The normalized spacial score (nSPS) is 27.0. The SMILES string of the molecule is CCOC1CCC2C(=O)C(Oc3ccc(CC)cc3)=COC2C1. The van der Waals surface area contributed by atoms with Crippen molar-refractivity contribution >= 4 is 5.78 Å². The van der Waals surface area contributed by atoms with Crippen LogP contribution in [-0.4, -0.2) is 24.6 Å². The van der Waals surface area contributed by atoms with E-state index in [0.29, 0.717) is 18.1 Å². The molecule has 0 spiro atoms. The van der Waals surface area contributed by atoms with Gasteiger partial charge in [0.05, 0.1) is 12.0 Å². The third kappa shape index (κ3) is 3.58. The number of hydrogen-bond donors (Lipinski definition) is 0. The molecule has 1 aliphatic carbocycles. The van der Waals surface area contributed by atoms with Gasteiger partial charge in [-0.25, -0.2) is 0 Å². The van der Waals surface area contributed by atoms with Crippen molar-refractivity contribution in [2.75, 3.05) is 6.61 Å². The molecule has 124 valence electrons. The molecule has 3 rings (SSSR count). The van der Waals surface area contributed by atoms with Crippen LogP contribution >= 0.6 is 0 Å². The standard InChI is InChI=1S/C19H24O4/c1-3-13-5-7-14(8-6-13)23-18-12-22-17-11-15(21-4-2)9-10-16(17)19(18)20/h5-8,12,15-17H,3-4,9-11H2,1-2H3. The maximum Gasteiger partial charge on any atom is 0.207 e. The van der Waals surface area contributed by atoms with E-state index in [1.165, 1.54) is 11.8 Å². The predicted octanol–water partition coefficient (Wildman–Crippen LogP) is 3.64. The largest absolute Gasteiger partial charge is 0.493 e. The van der Waals surface area contributed by atoms with Crippen molar-refractivity contribution in [1.82, 2.24) is 0 Å². The number of ketones is 1. The number of carbonyl (C=O) groups is 1. The highest BCUT2D eigenvalue weighted by Gasteiger charge is 2.41. The Hall–Kier alpha value is -1.81. The van der Waals surface area contributed by atoms with Crippen LogP contribution in [0, 0.1) is 5.92 Å². The van der Waals surface area contributed by atoms with Gasteiger partial charge in [-0.3, -0.25) is 4.79 Å². The number of ether oxygens (including phenoxy) is 3. The van der Waals surface area contributed by atoms with E-state index in [9.17, 15) is 4.79 Å². The molecule has 4 nitrogen and oxygen atoms in total. The van der Waals surface area contributed by atoms with E-state index in [2.05, 4.69) is 6.92 Å². The fourth-order valence-electron chi connectivity index (χ4n) is 3.31. The molecule has 0 bridgehead atoms. The fraction of sp³-hybridized carbons (Fsp3) is 0.526. The minimum Gasteiger partial charge on any atom is -0.493 e. The average Bonchev–Trinajstić information content (AvgIpc) is 2.58. The number of benzene rings is 1. The van der Waals surface area contributed by atoms with Gasteiger partial charge in [0.2, 0.25) is 11.5 Å². The molecule has 2 aliphatic rings. The lowest BCUT2D eigenvalue weighted by molar-refractivity contribution is -0.133. The molecular weight excluding hydrogens is 292 g/mol. The summed E-state index contributed by atoms with van der Waals surface area (Å²) in [6, 6.07) is 7.82. The van der Waals surface area contributed by atoms with Gasteiger partial charge in [-0.1, -0.05) is 19.1 Å². The van der Waals surface area contributed by atoms with Crippen molar-refractivity contribution < 1.29 is 19.0 Å². The number of aryl methyl sites for hydroxylation is 1. The van der Waals surface area contributed by atoms with Crippen molar-refractivity contribution in [3.8, 4) is 5.75 Å². The minimum atomic E-state index is -0.110. The zero-order valence-corrected chi connectivity index (χ0v) is 13.8. The molecule has 0 aromatic heterocycles. The molecule has 1 heterocycles. The molecule has 1 aromatic carbocycles. The molecular formula is C19H24O4. The second kappa shape index (κ2) is 7.18. The molecule has 1 aliphatic heterocycles. The van der Waals surface area contributed by atoms with Gasteiger partial charge in [0.1, 0.15) is 18.1 Å². The zero-order chi connectivity index (χ0) is 16.2. The highest BCUT2D eigenvalue weighted by molar-refractivity contribution is 5.96. The molecule has 0 N–H and O–H groups in total. The summed E-state index contributed by atoms with van der Waals surface area (Å²) in [5, 5.41) is 0. The summed E-state index contributed by atoms with van der Waals surface area (Å²) in [7, 11) is 0. The molecule has 3 atom stereocenters. The van der Waals surface area contributed by atoms with Crippen LogP contribution in [0.15, 0.2) is 36.3 Å². The second-order valence-corrected chi connectivity index (χ2v) is 6.12. The van der Waals surface area contributed by atoms with E-state index in [1.807, 2.05) is 31.2 Å². The lowest BCUT2D eigenvalue weighted by atomic mass is 9.80. The third-order valence-electron chi connectivity index (χ3n) is 4.63. The van der Waals surface area contributed by atoms with Crippen LogP contribution in [0.2, 0.25) is 0 Å². The maximum absolute atomic E-state index is 12.6. The van der Waals surface area contributed by atoms with Crippen LogP contribution < -0.4 is 4.74 Å². The first kappa shape index (κ1) is 16.1. The Morgan fingerprint density at radius 3 is 2.65 bits per heavy atom. The summed E-state index contributed by atoms with van der Waals surface area (Å²) in [6.07, 6.45) is 5.06. The Bertz CT molecular complexity index is 576. The third-order valence-corrected chi connectivity index (χ3v) is 4.63. The van der Waals surface area contributed by atoms with Crippen LogP contribution in [0.25, 0.3) is 0 Å². The number of carbonyl (C=O) groups excluding carboxylic acids is 1. The Labute approximate surface area is 137 Å². The van der Waals surface area contributed by atoms with Crippen molar-refractivity contribution in [2.24, 2.45) is 5.92 Å². The smallest absolute Gasteiger partial charge is 0.207 e. The van der Waals surface area contributed by atoms with E-state index in [0.717, 1.165) is 25.7 Å². The molecule has 1 saturated carbocycles. The molecule has 0 saturated heterocycles. The summed E-state index contributed by atoms with van der Waals surface area (Å²) in [6.45, 7) is 4.80. The minimum absolute atomic E-state index is 0.0516. The van der Waals surface area contributed by atoms with Crippen LogP contribution in [-0.2, 0) is 20.7 Å². The van der Waals surface area contributed by atoms with Gasteiger partial charge >= 0.3 is 0 Å². The summed E-state index contributed by atoms with van der Waals surface area (Å²) in [5.74, 6) is 0.926. The van der Waals surface area contributed by atoms with Crippen LogP contribution in [0.5, 0.6) is 5.75 Å². The second-order valence-electron chi connectivity index (χ2n) is 6.12. The first-order chi connectivity index (χ1) is 11.2. The monoisotopic (exact) mass is 316 g/mol. The number of fused-ring (bicyclic) bond motifs is 1. The number of Topliss-reactive ketones (excluding diaryl/α,β-unsaturated/α-hetero) is 1. The summed E-state index contributed by atoms with van der Waals surface area (Å²) in [4.78, 5) is 12.6. The Kier molecular flexibility index (Phi) is 5.01. The van der Waals surface area contributed by atoms with Gasteiger partial charge in [0.25, 0.3) is 0 Å². The first-order valence-electron chi connectivity index (χ1n) is 8.49. The van der Waals surface area contributed by atoms with Crippen molar-refractivity contribution in [3.63, 3.8) is 0 Å². The fourth-order valence-corrected chi connectivity index (χ4v) is 3.31. The predicted molar refractivity (Wildman–Crippen MR) is 87.2 cm³/mol. The van der Waals surface area contributed by atoms with E-state index in [4.69, 9.17) is 14.2 Å². The Morgan fingerprint density at radius 1 is 1.17 bits per heavy atom. The molecule has 1 aromatic rings. The first-order valence-corrected chi connectivity index (χ1v) is 8.49. The van der Waals surface area contributed by atoms with E-state index in [1.54, 1.807) is 0 Å². The van der Waals surface area contributed by atoms with Crippen molar-refractivity contribution in [2.45, 2.75) is 51.7 Å².